The van der Waals surface area contributed by atoms with Crippen molar-refractivity contribution in [3.05, 3.63) is 46.6 Å². The number of nitrogens with one attached hydrogen (secondary N) is 1. The second-order valence-electron chi connectivity index (χ2n) is 5.85. The standard InChI is InChI=1S/C15H18ClN3O2/c1-15(2,3)14-18-12(19-21-14)9-17-13(20)8-10-4-6-11(16)7-5-10/h4-7H,8-9H2,1-3H3,(H,17,20). The van der Waals surface area contributed by atoms with Crippen molar-refractivity contribution in [1.29, 1.82) is 0 Å². The summed E-state index contributed by atoms with van der Waals surface area (Å²) >= 11 is 5.80. The van der Waals surface area contributed by atoms with Crippen LogP contribution in [0.1, 0.15) is 38.0 Å². The van der Waals surface area contributed by atoms with Crippen LogP contribution in [0.5, 0.6) is 0 Å². The average molecular weight is 308 g/mol. The Labute approximate surface area is 128 Å². The molecule has 0 bridgehead atoms. The molecule has 0 fully saturated rings. The maximum atomic E-state index is 11.8. The van der Waals surface area contributed by atoms with Gasteiger partial charge in [0.25, 0.3) is 0 Å². The summed E-state index contributed by atoms with van der Waals surface area (Å²) in [6.45, 7) is 6.22. The molecular formula is C15H18ClN3O2. The number of rotatable bonds is 4. The predicted molar refractivity (Wildman–Crippen MR) is 80.0 cm³/mol. The lowest BCUT2D eigenvalue weighted by atomic mass is 9.97. The number of halogens is 1. The van der Waals surface area contributed by atoms with E-state index in [0.717, 1.165) is 5.56 Å². The summed E-state index contributed by atoms with van der Waals surface area (Å²) in [7, 11) is 0. The van der Waals surface area contributed by atoms with Gasteiger partial charge in [-0.25, -0.2) is 0 Å². The summed E-state index contributed by atoms with van der Waals surface area (Å²) < 4.78 is 5.17. The zero-order chi connectivity index (χ0) is 15.5. The second kappa shape index (κ2) is 6.26. The number of amides is 1. The Kier molecular flexibility index (Phi) is 4.63. The quantitative estimate of drug-likeness (QED) is 0.943. The van der Waals surface area contributed by atoms with E-state index in [0.29, 0.717) is 23.2 Å². The van der Waals surface area contributed by atoms with E-state index >= 15 is 0 Å². The summed E-state index contributed by atoms with van der Waals surface area (Å²) in [5, 5.41) is 7.28. The minimum absolute atomic E-state index is 0.0977. The van der Waals surface area contributed by atoms with Gasteiger partial charge in [-0.15, -0.1) is 0 Å². The molecule has 2 rings (SSSR count). The molecule has 0 atom stereocenters. The smallest absolute Gasteiger partial charge is 0.232 e. The van der Waals surface area contributed by atoms with Gasteiger partial charge in [-0.2, -0.15) is 4.98 Å². The Balaban J connectivity index is 1.86. The summed E-state index contributed by atoms with van der Waals surface area (Å²) in [6, 6.07) is 7.18. The van der Waals surface area contributed by atoms with Gasteiger partial charge in [-0.3, -0.25) is 4.79 Å². The average Bonchev–Trinajstić information content (AvgIpc) is 2.88. The highest BCUT2D eigenvalue weighted by Gasteiger charge is 2.21. The van der Waals surface area contributed by atoms with Crippen LogP contribution in [0.3, 0.4) is 0 Å². The van der Waals surface area contributed by atoms with Gasteiger partial charge >= 0.3 is 0 Å². The van der Waals surface area contributed by atoms with Crippen molar-refractivity contribution in [1.82, 2.24) is 15.5 Å². The topological polar surface area (TPSA) is 68.0 Å². The molecule has 0 spiro atoms. The van der Waals surface area contributed by atoms with Crippen LogP contribution < -0.4 is 5.32 Å². The fraction of sp³-hybridized carbons (Fsp3) is 0.400. The Hall–Kier alpha value is -1.88. The predicted octanol–water partition coefficient (Wildman–Crippen LogP) is 2.88. The van der Waals surface area contributed by atoms with Crippen LogP contribution in [0.25, 0.3) is 0 Å². The Bertz CT molecular complexity index is 615. The fourth-order valence-electron chi connectivity index (χ4n) is 1.66. The highest BCUT2D eigenvalue weighted by Crippen LogP contribution is 2.19. The van der Waals surface area contributed by atoms with Crippen LogP contribution in [0.2, 0.25) is 5.02 Å². The van der Waals surface area contributed by atoms with E-state index in [4.69, 9.17) is 16.1 Å². The second-order valence-corrected chi connectivity index (χ2v) is 6.28. The van der Waals surface area contributed by atoms with Gasteiger partial charge in [0, 0.05) is 10.4 Å². The molecule has 112 valence electrons. The van der Waals surface area contributed by atoms with Crippen LogP contribution in [0.4, 0.5) is 0 Å². The third kappa shape index (κ3) is 4.56. The van der Waals surface area contributed by atoms with E-state index in [-0.39, 0.29) is 17.9 Å². The lowest BCUT2D eigenvalue weighted by Gasteiger charge is -2.10. The molecule has 21 heavy (non-hydrogen) atoms. The number of carbonyl (C=O) groups excluding carboxylic acids is 1. The lowest BCUT2D eigenvalue weighted by Crippen LogP contribution is -2.25. The van der Waals surface area contributed by atoms with Crippen LogP contribution >= 0.6 is 11.6 Å². The van der Waals surface area contributed by atoms with Crippen LogP contribution in [0, 0.1) is 0 Å². The third-order valence-corrected chi connectivity index (χ3v) is 3.08. The highest BCUT2D eigenvalue weighted by atomic mass is 35.5. The summed E-state index contributed by atoms with van der Waals surface area (Å²) in [5.74, 6) is 0.938. The van der Waals surface area contributed by atoms with Crippen molar-refractivity contribution >= 4 is 17.5 Å². The molecule has 0 aliphatic heterocycles. The maximum Gasteiger partial charge on any atom is 0.232 e. The zero-order valence-electron chi connectivity index (χ0n) is 12.3. The Morgan fingerprint density at radius 2 is 1.95 bits per heavy atom. The molecule has 1 aromatic heterocycles. The molecule has 0 saturated carbocycles. The van der Waals surface area contributed by atoms with Gasteiger partial charge in [-0.1, -0.05) is 49.7 Å². The Morgan fingerprint density at radius 3 is 2.52 bits per heavy atom. The molecule has 1 heterocycles. The first-order valence-corrected chi connectivity index (χ1v) is 7.06. The van der Waals surface area contributed by atoms with Crippen molar-refractivity contribution in [2.24, 2.45) is 0 Å². The van der Waals surface area contributed by atoms with Crippen molar-refractivity contribution in [3.8, 4) is 0 Å². The van der Waals surface area contributed by atoms with Crippen molar-refractivity contribution in [3.63, 3.8) is 0 Å². The highest BCUT2D eigenvalue weighted by molar-refractivity contribution is 6.30. The summed E-state index contributed by atoms with van der Waals surface area (Å²) in [6.07, 6.45) is 0.293. The van der Waals surface area contributed by atoms with Crippen molar-refractivity contribution in [2.75, 3.05) is 0 Å². The van der Waals surface area contributed by atoms with E-state index in [2.05, 4.69) is 15.5 Å². The van der Waals surface area contributed by atoms with E-state index in [9.17, 15) is 4.79 Å². The molecule has 0 saturated heterocycles. The minimum atomic E-state index is -0.196. The van der Waals surface area contributed by atoms with Gasteiger partial charge in [0.1, 0.15) is 0 Å². The van der Waals surface area contributed by atoms with Crippen LogP contribution in [0.15, 0.2) is 28.8 Å². The largest absolute Gasteiger partial charge is 0.348 e. The van der Waals surface area contributed by atoms with E-state index in [1.54, 1.807) is 12.1 Å². The van der Waals surface area contributed by atoms with Gasteiger partial charge in [-0.05, 0) is 17.7 Å². The fourth-order valence-corrected chi connectivity index (χ4v) is 1.78. The normalized spacial score (nSPS) is 11.4. The maximum absolute atomic E-state index is 11.8. The van der Waals surface area contributed by atoms with Crippen LogP contribution in [-0.2, 0) is 23.2 Å². The summed E-state index contributed by atoms with van der Waals surface area (Å²) in [4.78, 5) is 16.1. The first-order valence-electron chi connectivity index (χ1n) is 6.69. The molecular weight excluding hydrogens is 290 g/mol. The molecule has 2 aromatic rings. The number of benzene rings is 1. The first kappa shape index (κ1) is 15.5. The molecule has 1 aromatic carbocycles. The van der Waals surface area contributed by atoms with Gasteiger partial charge in [0.05, 0.1) is 13.0 Å². The monoisotopic (exact) mass is 307 g/mol. The van der Waals surface area contributed by atoms with Crippen LogP contribution in [-0.4, -0.2) is 16.0 Å². The van der Waals surface area contributed by atoms with Crippen molar-refractivity contribution < 1.29 is 9.32 Å². The molecule has 5 nitrogen and oxygen atoms in total. The summed E-state index contributed by atoms with van der Waals surface area (Å²) in [5.41, 5.74) is 0.707. The number of hydrogen-bond acceptors (Lipinski definition) is 4. The molecule has 0 aliphatic carbocycles. The van der Waals surface area contributed by atoms with Gasteiger partial charge in [0.15, 0.2) is 5.82 Å². The molecule has 0 unspecified atom stereocenters. The van der Waals surface area contributed by atoms with E-state index in [1.165, 1.54) is 0 Å². The number of carbonyl (C=O) groups is 1. The Morgan fingerprint density at radius 1 is 1.29 bits per heavy atom. The van der Waals surface area contributed by atoms with Crippen molar-refractivity contribution in [2.45, 2.75) is 39.2 Å². The lowest BCUT2D eigenvalue weighted by molar-refractivity contribution is -0.120. The molecule has 0 radical (unpaired) electrons. The van der Waals surface area contributed by atoms with E-state index in [1.807, 2.05) is 32.9 Å². The zero-order valence-corrected chi connectivity index (χ0v) is 13.1. The SMILES string of the molecule is CC(C)(C)c1nc(CNC(=O)Cc2ccc(Cl)cc2)no1. The molecule has 1 N–H and O–H groups in total. The minimum Gasteiger partial charge on any atom is -0.348 e. The number of aromatic nitrogens is 2. The number of hydrogen-bond donors (Lipinski definition) is 1. The molecule has 0 aliphatic rings. The van der Waals surface area contributed by atoms with E-state index < -0.39 is 0 Å². The van der Waals surface area contributed by atoms with Gasteiger partial charge < -0.3 is 9.84 Å². The third-order valence-electron chi connectivity index (χ3n) is 2.83. The first-order chi connectivity index (χ1) is 9.84. The molecule has 1 amide bonds. The van der Waals surface area contributed by atoms with Gasteiger partial charge in [0.2, 0.25) is 11.8 Å². The number of nitrogens with zero attached hydrogens (tertiary/aromatic N) is 2. The molecule has 6 heteroatoms.